The Morgan fingerprint density at radius 3 is 2.66 bits per heavy atom. The van der Waals surface area contributed by atoms with E-state index >= 15 is 0 Å². The smallest absolute Gasteiger partial charge is 0.231 e. The van der Waals surface area contributed by atoms with Crippen LogP contribution in [0, 0.1) is 20.8 Å². The van der Waals surface area contributed by atoms with Crippen LogP contribution in [0.4, 0.5) is 0 Å². The van der Waals surface area contributed by atoms with Crippen molar-refractivity contribution in [3.8, 4) is 23.0 Å². The number of methoxy groups -OCH3 is 2. The predicted molar refractivity (Wildman–Crippen MR) is 124 cm³/mol. The van der Waals surface area contributed by atoms with E-state index in [0.717, 1.165) is 57.8 Å². The van der Waals surface area contributed by atoms with Crippen LogP contribution in [0.1, 0.15) is 45.8 Å². The Labute approximate surface area is 189 Å². The molecular weight excluding hydrogens is 406 g/mol. The fourth-order valence-corrected chi connectivity index (χ4v) is 4.75. The van der Waals surface area contributed by atoms with E-state index in [4.69, 9.17) is 18.9 Å². The van der Waals surface area contributed by atoms with Crippen LogP contribution in [0.3, 0.4) is 0 Å². The number of hydrogen-bond acceptors (Lipinski definition) is 6. The number of carbonyl (C=O) groups is 1. The molecule has 1 atom stereocenters. The zero-order valence-electron chi connectivity index (χ0n) is 19.7. The van der Waals surface area contributed by atoms with Gasteiger partial charge < -0.3 is 18.9 Å². The number of aryl methyl sites for hydroxylation is 1. The van der Waals surface area contributed by atoms with Gasteiger partial charge in [-0.25, -0.2) is 0 Å². The number of fused-ring (bicyclic) bond motifs is 2. The van der Waals surface area contributed by atoms with Crippen molar-refractivity contribution in [1.29, 1.82) is 0 Å². The highest BCUT2D eigenvalue weighted by atomic mass is 16.7. The Kier molecular flexibility index (Phi) is 6.15. The van der Waals surface area contributed by atoms with Gasteiger partial charge in [-0.15, -0.1) is 0 Å². The van der Waals surface area contributed by atoms with Crippen molar-refractivity contribution >= 4 is 11.9 Å². The van der Waals surface area contributed by atoms with Gasteiger partial charge in [0.15, 0.2) is 17.3 Å². The first-order valence-electron chi connectivity index (χ1n) is 10.9. The van der Waals surface area contributed by atoms with E-state index in [1.807, 2.05) is 32.1 Å². The largest absolute Gasteiger partial charge is 0.496 e. The monoisotopic (exact) mass is 437 g/mol. The summed E-state index contributed by atoms with van der Waals surface area (Å²) in [6.07, 6.45) is 4.87. The van der Waals surface area contributed by atoms with E-state index < -0.39 is 0 Å². The predicted octanol–water partition coefficient (Wildman–Crippen LogP) is 4.56. The number of nitrogens with zero attached hydrogens (tertiary/aromatic N) is 1. The number of allylic oxidation sites excluding steroid dienone is 1. The van der Waals surface area contributed by atoms with Gasteiger partial charge in [-0.1, -0.05) is 6.08 Å². The lowest BCUT2D eigenvalue weighted by Gasteiger charge is -2.35. The lowest BCUT2D eigenvalue weighted by molar-refractivity contribution is -0.115. The van der Waals surface area contributed by atoms with Crippen molar-refractivity contribution in [2.45, 2.75) is 39.7 Å². The second-order valence-corrected chi connectivity index (χ2v) is 8.53. The summed E-state index contributed by atoms with van der Waals surface area (Å²) in [7, 11) is 5.37. The SMILES string of the molecule is COc1cc(C)c(/C=C/C(=O)C[C@@H]2c3c(cc4c(c3OC)OCO4)CCN2C)c(C)c1C. The summed E-state index contributed by atoms with van der Waals surface area (Å²) in [6.45, 7) is 7.20. The summed E-state index contributed by atoms with van der Waals surface area (Å²) in [5.41, 5.74) is 6.55. The number of ether oxygens (including phenoxy) is 4. The average molecular weight is 438 g/mol. The molecule has 2 aliphatic heterocycles. The Morgan fingerprint density at radius 1 is 1.16 bits per heavy atom. The molecule has 170 valence electrons. The molecule has 0 fully saturated rings. The van der Waals surface area contributed by atoms with Gasteiger partial charge in [-0.2, -0.15) is 0 Å². The zero-order chi connectivity index (χ0) is 23.0. The van der Waals surface area contributed by atoms with Crippen LogP contribution in [0.5, 0.6) is 23.0 Å². The summed E-state index contributed by atoms with van der Waals surface area (Å²) in [4.78, 5) is 15.3. The summed E-state index contributed by atoms with van der Waals surface area (Å²) >= 11 is 0. The van der Waals surface area contributed by atoms with Gasteiger partial charge in [0, 0.05) is 24.6 Å². The molecule has 6 heteroatoms. The number of benzene rings is 2. The molecule has 32 heavy (non-hydrogen) atoms. The van der Waals surface area contributed by atoms with Crippen LogP contribution >= 0.6 is 0 Å². The minimum absolute atomic E-state index is 0.0710. The number of likely N-dealkylation sites (N-methyl/N-ethyl adjacent to an activating group) is 1. The fraction of sp³-hybridized carbons (Fsp3) is 0.423. The van der Waals surface area contributed by atoms with Gasteiger partial charge in [0.2, 0.25) is 12.5 Å². The topological polar surface area (TPSA) is 57.2 Å². The maximum Gasteiger partial charge on any atom is 0.231 e. The second-order valence-electron chi connectivity index (χ2n) is 8.53. The molecule has 0 amide bonds. The minimum Gasteiger partial charge on any atom is -0.496 e. The highest BCUT2D eigenvalue weighted by molar-refractivity contribution is 5.94. The van der Waals surface area contributed by atoms with Crippen molar-refractivity contribution < 1.29 is 23.7 Å². The third-order valence-corrected chi connectivity index (χ3v) is 6.71. The molecule has 0 saturated heterocycles. The van der Waals surface area contributed by atoms with E-state index in [0.29, 0.717) is 17.9 Å². The molecule has 2 aromatic rings. The molecule has 0 N–H and O–H groups in total. The molecule has 0 radical (unpaired) electrons. The van der Waals surface area contributed by atoms with E-state index in [1.165, 1.54) is 0 Å². The van der Waals surface area contributed by atoms with Crippen molar-refractivity contribution in [1.82, 2.24) is 4.90 Å². The lowest BCUT2D eigenvalue weighted by atomic mass is 9.88. The van der Waals surface area contributed by atoms with Crippen LogP contribution in [-0.4, -0.2) is 45.3 Å². The van der Waals surface area contributed by atoms with Crippen LogP contribution < -0.4 is 18.9 Å². The molecule has 0 aliphatic carbocycles. The highest BCUT2D eigenvalue weighted by Gasteiger charge is 2.34. The molecule has 2 heterocycles. The van der Waals surface area contributed by atoms with E-state index in [1.54, 1.807) is 20.3 Å². The van der Waals surface area contributed by atoms with Gasteiger partial charge in [0.1, 0.15) is 5.75 Å². The standard InChI is InChI=1S/C26H31NO5/c1-15-11-22(29-5)17(3)16(2)20(15)8-7-19(28)13-21-24-18(9-10-27(21)4)12-23-25(26(24)30-6)32-14-31-23/h7-8,11-12,21H,9-10,13-14H2,1-6H3/b8-7+/t21-/m1/s1. The maximum absolute atomic E-state index is 13.1. The van der Waals surface area contributed by atoms with Gasteiger partial charge in [0.25, 0.3) is 0 Å². The van der Waals surface area contributed by atoms with E-state index in [2.05, 4.69) is 18.9 Å². The van der Waals surface area contributed by atoms with Gasteiger partial charge >= 0.3 is 0 Å². The second kappa shape index (κ2) is 8.87. The maximum atomic E-state index is 13.1. The van der Waals surface area contributed by atoms with E-state index in [9.17, 15) is 4.79 Å². The third-order valence-electron chi connectivity index (χ3n) is 6.71. The van der Waals surface area contributed by atoms with Crippen LogP contribution in [0.2, 0.25) is 0 Å². The molecule has 2 aliphatic rings. The third kappa shape index (κ3) is 3.84. The Morgan fingerprint density at radius 2 is 1.94 bits per heavy atom. The zero-order valence-corrected chi connectivity index (χ0v) is 19.7. The van der Waals surface area contributed by atoms with Gasteiger partial charge in [0.05, 0.1) is 14.2 Å². The molecule has 0 bridgehead atoms. The molecule has 2 aromatic carbocycles. The Balaban J connectivity index is 1.62. The number of carbonyl (C=O) groups excluding carboxylic acids is 1. The molecule has 0 unspecified atom stereocenters. The van der Waals surface area contributed by atoms with Crippen molar-refractivity contribution in [2.24, 2.45) is 0 Å². The summed E-state index contributed by atoms with van der Waals surface area (Å²) in [6, 6.07) is 3.97. The van der Waals surface area contributed by atoms with Crippen molar-refractivity contribution in [2.75, 3.05) is 34.6 Å². The Bertz CT molecular complexity index is 1090. The average Bonchev–Trinajstić information content (AvgIpc) is 3.25. The normalized spacial score (nSPS) is 17.5. The van der Waals surface area contributed by atoms with Gasteiger partial charge in [-0.05, 0) is 80.3 Å². The molecular formula is C26H31NO5. The number of rotatable bonds is 6. The first-order valence-corrected chi connectivity index (χ1v) is 10.9. The molecule has 4 rings (SSSR count). The van der Waals surface area contributed by atoms with Crippen LogP contribution in [-0.2, 0) is 11.2 Å². The molecule has 0 saturated carbocycles. The number of ketones is 1. The Hall–Kier alpha value is -2.99. The van der Waals surface area contributed by atoms with Gasteiger partial charge in [-0.3, -0.25) is 9.69 Å². The summed E-state index contributed by atoms with van der Waals surface area (Å²) in [5, 5.41) is 0. The quantitative estimate of drug-likeness (QED) is 0.618. The van der Waals surface area contributed by atoms with Crippen LogP contribution in [0.25, 0.3) is 6.08 Å². The fourth-order valence-electron chi connectivity index (χ4n) is 4.75. The molecule has 0 spiro atoms. The first kappa shape index (κ1) is 22.2. The highest BCUT2D eigenvalue weighted by Crippen LogP contribution is 2.50. The first-order chi connectivity index (χ1) is 15.3. The van der Waals surface area contributed by atoms with Crippen molar-refractivity contribution in [3.63, 3.8) is 0 Å². The number of hydrogen-bond donors (Lipinski definition) is 0. The lowest BCUT2D eigenvalue weighted by Crippen LogP contribution is -2.33. The summed E-state index contributed by atoms with van der Waals surface area (Å²) in [5.74, 6) is 2.97. The minimum atomic E-state index is -0.0832. The molecule has 6 nitrogen and oxygen atoms in total. The van der Waals surface area contributed by atoms with E-state index in [-0.39, 0.29) is 18.6 Å². The molecule has 0 aromatic heterocycles. The van der Waals surface area contributed by atoms with Crippen molar-refractivity contribution in [3.05, 3.63) is 51.6 Å². The summed E-state index contributed by atoms with van der Waals surface area (Å²) < 4.78 is 22.4. The van der Waals surface area contributed by atoms with Crippen LogP contribution in [0.15, 0.2) is 18.2 Å².